The van der Waals surface area contributed by atoms with E-state index >= 15 is 0 Å². The fourth-order valence-electron chi connectivity index (χ4n) is 1.93. The third kappa shape index (κ3) is 1.68. The number of nitrogens with zero attached hydrogens (tertiary/aromatic N) is 2. The van der Waals surface area contributed by atoms with E-state index in [1.165, 1.54) is 5.46 Å². The molecule has 0 radical (unpaired) electrons. The van der Waals surface area contributed by atoms with Crippen LogP contribution in [0, 0.1) is 0 Å². The molecular formula is C12H11BN2OS. The lowest BCUT2D eigenvalue weighted by Crippen LogP contribution is -2.00. The first kappa shape index (κ1) is 10.6. The maximum atomic E-state index is 9.48. The van der Waals surface area contributed by atoms with Crippen LogP contribution in [0.4, 0.5) is 0 Å². The van der Waals surface area contributed by atoms with E-state index in [2.05, 4.69) is 25.0 Å². The second kappa shape index (κ2) is 4.02. The van der Waals surface area contributed by atoms with Gasteiger partial charge in [-0.1, -0.05) is 29.7 Å². The van der Waals surface area contributed by atoms with Gasteiger partial charge in [0.25, 0.3) is 0 Å². The zero-order valence-electron chi connectivity index (χ0n) is 9.42. The Hall–Kier alpha value is -1.59. The van der Waals surface area contributed by atoms with E-state index in [1.807, 2.05) is 28.1 Å². The molecule has 0 spiro atoms. The Morgan fingerprint density at radius 3 is 2.76 bits per heavy atom. The minimum Gasteiger partial charge on any atom is -0.390 e. The molecule has 84 valence electrons. The molecule has 0 unspecified atom stereocenters. The highest BCUT2D eigenvalue weighted by Crippen LogP contribution is 2.26. The summed E-state index contributed by atoms with van der Waals surface area (Å²) in [5, 5.41) is 11.5. The summed E-state index contributed by atoms with van der Waals surface area (Å²) in [6.45, 7) is 0.00110. The summed E-state index contributed by atoms with van der Waals surface area (Å²) in [5.41, 5.74) is 4.00. The molecule has 3 aromatic rings. The van der Waals surface area contributed by atoms with E-state index < -0.39 is 0 Å². The number of aliphatic hydroxyl groups excluding tert-OH is 1. The van der Waals surface area contributed by atoms with Crippen molar-refractivity contribution in [1.82, 2.24) is 9.38 Å². The topological polar surface area (TPSA) is 37.5 Å². The molecule has 0 saturated heterocycles. The van der Waals surface area contributed by atoms with E-state index in [0.29, 0.717) is 0 Å². The molecule has 2 aromatic heterocycles. The maximum absolute atomic E-state index is 9.48. The van der Waals surface area contributed by atoms with Crippen LogP contribution in [-0.2, 0) is 6.61 Å². The summed E-state index contributed by atoms with van der Waals surface area (Å²) in [6.07, 6.45) is 1.94. The molecule has 1 aromatic carbocycles. The van der Waals surface area contributed by atoms with Crippen LogP contribution in [0.15, 0.2) is 35.8 Å². The van der Waals surface area contributed by atoms with Crippen molar-refractivity contribution in [2.75, 3.05) is 0 Å². The normalized spacial score (nSPS) is 11.1. The molecule has 3 rings (SSSR count). The van der Waals surface area contributed by atoms with Gasteiger partial charge in [-0.15, -0.1) is 11.3 Å². The van der Waals surface area contributed by atoms with E-state index in [-0.39, 0.29) is 6.61 Å². The molecule has 3 nitrogen and oxygen atoms in total. The van der Waals surface area contributed by atoms with E-state index in [9.17, 15) is 5.11 Å². The first-order valence-electron chi connectivity index (χ1n) is 5.42. The van der Waals surface area contributed by atoms with Crippen LogP contribution >= 0.6 is 11.3 Å². The van der Waals surface area contributed by atoms with Gasteiger partial charge in [-0.05, 0) is 0 Å². The third-order valence-corrected chi connectivity index (χ3v) is 3.59. The zero-order chi connectivity index (χ0) is 11.8. The van der Waals surface area contributed by atoms with Crippen molar-refractivity contribution in [3.05, 3.63) is 41.5 Å². The predicted molar refractivity (Wildman–Crippen MR) is 72.6 cm³/mol. The Morgan fingerprint density at radius 2 is 2.06 bits per heavy atom. The zero-order valence-corrected chi connectivity index (χ0v) is 10.2. The van der Waals surface area contributed by atoms with Crippen molar-refractivity contribution >= 4 is 29.6 Å². The quantitative estimate of drug-likeness (QED) is 0.675. The van der Waals surface area contributed by atoms with Crippen LogP contribution in [0.3, 0.4) is 0 Å². The van der Waals surface area contributed by atoms with Gasteiger partial charge in [-0.25, -0.2) is 4.98 Å². The number of benzene rings is 1. The van der Waals surface area contributed by atoms with Crippen LogP contribution < -0.4 is 5.46 Å². The molecule has 0 aliphatic heterocycles. The summed E-state index contributed by atoms with van der Waals surface area (Å²) in [4.78, 5) is 5.49. The van der Waals surface area contributed by atoms with Gasteiger partial charge in [-0.2, -0.15) is 0 Å². The highest BCUT2D eigenvalue weighted by molar-refractivity contribution is 7.15. The molecular weight excluding hydrogens is 231 g/mol. The molecule has 17 heavy (non-hydrogen) atoms. The smallest absolute Gasteiger partial charge is 0.194 e. The van der Waals surface area contributed by atoms with Gasteiger partial charge in [0, 0.05) is 17.1 Å². The largest absolute Gasteiger partial charge is 0.390 e. The van der Waals surface area contributed by atoms with Crippen LogP contribution in [-0.4, -0.2) is 22.3 Å². The SMILES string of the molecule is Bc1ccc(-c2nc3sccn3c2CO)cc1. The van der Waals surface area contributed by atoms with Gasteiger partial charge in [-0.3, -0.25) is 4.40 Å². The van der Waals surface area contributed by atoms with Crippen LogP contribution in [0.5, 0.6) is 0 Å². The van der Waals surface area contributed by atoms with Crippen LogP contribution in [0.2, 0.25) is 0 Å². The number of fused-ring (bicyclic) bond motifs is 1. The molecule has 5 heteroatoms. The Kier molecular flexibility index (Phi) is 2.50. The molecule has 0 atom stereocenters. The first-order chi connectivity index (χ1) is 8.29. The molecule has 0 amide bonds. The van der Waals surface area contributed by atoms with Crippen molar-refractivity contribution in [3.63, 3.8) is 0 Å². The van der Waals surface area contributed by atoms with E-state index in [4.69, 9.17) is 0 Å². The number of aliphatic hydroxyl groups is 1. The van der Waals surface area contributed by atoms with Gasteiger partial charge in [0.1, 0.15) is 7.85 Å². The van der Waals surface area contributed by atoms with Crippen molar-refractivity contribution in [2.24, 2.45) is 0 Å². The summed E-state index contributed by atoms with van der Waals surface area (Å²) < 4.78 is 1.94. The molecule has 0 aliphatic rings. The monoisotopic (exact) mass is 242 g/mol. The number of thiazole rings is 1. The summed E-state index contributed by atoms with van der Waals surface area (Å²) in [7, 11) is 2.06. The Morgan fingerprint density at radius 1 is 1.29 bits per heavy atom. The Bertz CT molecular complexity index is 657. The second-order valence-electron chi connectivity index (χ2n) is 3.99. The van der Waals surface area contributed by atoms with Gasteiger partial charge in [0.05, 0.1) is 18.0 Å². The highest BCUT2D eigenvalue weighted by Gasteiger charge is 2.13. The average molecular weight is 242 g/mol. The third-order valence-electron chi connectivity index (χ3n) is 2.84. The van der Waals surface area contributed by atoms with Gasteiger partial charge in [0.15, 0.2) is 4.96 Å². The number of imidazole rings is 1. The average Bonchev–Trinajstić information content (AvgIpc) is 2.89. The summed E-state index contributed by atoms with van der Waals surface area (Å²) in [5.74, 6) is 0. The number of aromatic nitrogens is 2. The fraction of sp³-hybridized carbons (Fsp3) is 0.0833. The van der Waals surface area contributed by atoms with Crippen LogP contribution in [0.25, 0.3) is 16.2 Å². The van der Waals surface area contributed by atoms with Crippen molar-refractivity contribution in [1.29, 1.82) is 0 Å². The van der Waals surface area contributed by atoms with E-state index in [1.54, 1.807) is 11.3 Å². The standard InChI is InChI=1S/C12H11BN2OS/c13-9-3-1-8(2-4-9)11-10(7-16)15-5-6-17-12(15)14-11/h1-6,16H,7,13H2. The number of hydrogen-bond donors (Lipinski definition) is 1. The lowest BCUT2D eigenvalue weighted by Gasteiger charge is -2.01. The minimum absolute atomic E-state index is 0.00110. The summed E-state index contributed by atoms with van der Waals surface area (Å²) >= 11 is 1.58. The first-order valence-corrected chi connectivity index (χ1v) is 6.30. The number of rotatable bonds is 2. The molecule has 0 saturated carbocycles. The predicted octanol–water partition coefficient (Wildman–Crippen LogP) is 0.813. The second-order valence-corrected chi connectivity index (χ2v) is 4.86. The lowest BCUT2D eigenvalue weighted by atomic mass is 9.94. The lowest BCUT2D eigenvalue weighted by molar-refractivity contribution is 0.276. The Labute approximate surface area is 104 Å². The molecule has 1 N–H and O–H groups in total. The molecule has 0 aliphatic carbocycles. The van der Waals surface area contributed by atoms with Crippen LogP contribution in [0.1, 0.15) is 5.69 Å². The van der Waals surface area contributed by atoms with Gasteiger partial charge in [0.2, 0.25) is 0 Å². The highest BCUT2D eigenvalue weighted by atomic mass is 32.1. The van der Waals surface area contributed by atoms with Crippen molar-refractivity contribution in [2.45, 2.75) is 6.61 Å². The summed E-state index contributed by atoms with van der Waals surface area (Å²) in [6, 6.07) is 8.20. The molecule has 0 fully saturated rings. The molecule has 0 bridgehead atoms. The molecule has 2 heterocycles. The van der Waals surface area contributed by atoms with Crippen molar-refractivity contribution < 1.29 is 5.11 Å². The van der Waals surface area contributed by atoms with E-state index in [0.717, 1.165) is 21.9 Å². The number of hydrogen-bond acceptors (Lipinski definition) is 3. The maximum Gasteiger partial charge on any atom is 0.194 e. The van der Waals surface area contributed by atoms with Gasteiger partial charge < -0.3 is 5.11 Å². The fourth-order valence-corrected chi connectivity index (χ4v) is 2.66. The van der Waals surface area contributed by atoms with Crippen molar-refractivity contribution in [3.8, 4) is 11.3 Å². The minimum atomic E-state index is 0.00110. The Balaban J connectivity index is 2.22. The van der Waals surface area contributed by atoms with Gasteiger partial charge >= 0.3 is 0 Å².